The average molecular weight is 296 g/mol. The highest BCUT2D eigenvalue weighted by atomic mass is 79.9. The van der Waals surface area contributed by atoms with E-state index in [-0.39, 0.29) is 0 Å². The van der Waals surface area contributed by atoms with E-state index in [2.05, 4.69) is 40.7 Å². The van der Waals surface area contributed by atoms with Crippen LogP contribution in [0.4, 0.5) is 5.69 Å². The van der Waals surface area contributed by atoms with Crippen molar-refractivity contribution in [3.8, 4) is 0 Å². The first-order chi connectivity index (χ1) is 8.11. The molecule has 0 amide bonds. The molecule has 92 valence electrons. The van der Waals surface area contributed by atoms with Gasteiger partial charge in [-0.15, -0.1) is 0 Å². The van der Waals surface area contributed by atoms with Gasteiger partial charge in [-0.2, -0.15) is 0 Å². The van der Waals surface area contributed by atoms with E-state index in [1.54, 1.807) is 0 Å². The SMILES string of the molecule is CC1CCN(c2cc(Br)ccc2C=O)C(C)C1. The first-order valence-electron chi connectivity index (χ1n) is 6.13. The molecule has 1 aliphatic rings. The normalized spacial score (nSPS) is 24.8. The third-order valence-electron chi connectivity index (χ3n) is 3.57. The number of nitrogens with zero attached hydrogens (tertiary/aromatic N) is 1. The highest BCUT2D eigenvalue weighted by molar-refractivity contribution is 9.10. The van der Waals surface area contributed by atoms with Crippen molar-refractivity contribution in [1.82, 2.24) is 0 Å². The maximum atomic E-state index is 11.1. The van der Waals surface area contributed by atoms with Gasteiger partial charge in [0.2, 0.25) is 0 Å². The lowest BCUT2D eigenvalue weighted by Gasteiger charge is -2.39. The number of hydrogen-bond acceptors (Lipinski definition) is 2. The summed E-state index contributed by atoms with van der Waals surface area (Å²) < 4.78 is 1.03. The fraction of sp³-hybridized carbons (Fsp3) is 0.500. The minimum atomic E-state index is 0.506. The molecule has 2 rings (SSSR count). The Morgan fingerprint density at radius 2 is 2.18 bits per heavy atom. The van der Waals surface area contributed by atoms with Gasteiger partial charge in [0.15, 0.2) is 6.29 Å². The minimum Gasteiger partial charge on any atom is -0.368 e. The molecule has 1 aromatic rings. The second-order valence-electron chi connectivity index (χ2n) is 4.99. The minimum absolute atomic E-state index is 0.506. The monoisotopic (exact) mass is 295 g/mol. The summed E-state index contributed by atoms with van der Waals surface area (Å²) in [6.07, 6.45) is 3.35. The Labute approximate surface area is 111 Å². The lowest BCUT2D eigenvalue weighted by atomic mass is 9.92. The van der Waals surface area contributed by atoms with Crippen LogP contribution in [-0.4, -0.2) is 18.9 Å². The molecule has 1 aliphatic heterocycles. The number of carbonyl (C=O) groups excluding carboxylic acids is 1. The second kappa shape index (κ2) is 5.21. The van der Waals surface area contributed by atoms with Crippen LogP contribution in [0, 0.1) is 5.92 Å². The van der Waals surface area contributed by atoms with Crippen LogP contribution in [0.2, 0.25) is 0 Å². The summed E-state index contributed by atoms with van der Waals surface area (Å²) in [7, 11) is 0. The predicted octanol–water partition coefficient (Wildman–Crippen LogP) is 3.89. The standard InChI is InChI=1S/C14H18BrNO/c1-10-5-6-16(11(2)7-10)14-8-13(15)4-3-12(14)9-17/h3-4,8-11H,5-7H2,1-2H3. The molecule has 1 fully saturated rings. The Morgan fingerprint density at radius 1 is 1.41 bits per heavy atom. The zero-order valence-corrected chi connectivity index (χ0v) is 11.9. The molecule has 2 nitrogen and oxygen atoms in total. The molecule has 3 heteroatoms. The zero-order valence-electron chi connectivity index (χ0n) is 10.3. The van der Waals surface area contributed by atoms with E-state index >= 15 is 0 Å². The van der Waals surface area contributed by atoms with E-state index in [0.717, 1.165) is 34.5 Å². The van der Waals surface area contributed by atoms with Gasteiger partial charge in [0.1, 0.15) is 0 Å². The summed E-state index contributed by atoms with van der Waals surface area (Å²) >= 11 is 3.48. The number of halogens is 1. The van der Waals surface area contributed by atoms with Crippen LogP contribution in [0.1, 0.15) is 37.0 Å². The topological polar surface area (TPSA) is 20.3 Å². The first kappa shape index (κ1) is 12.6. The van der Waals surface area contributed by atoms with Gasteiger partial charge in [-0.25, -0.2) is 0 Å². The van der Waals surface area contributed by atoms with Crippen molar-refractivity contribution < 1.29 is 4.79 Å². The molecule has 0 N–H and O–H groups in total. The van der Waals surface area contributed by atoms with Crippen LogP contribution in [-0.2, 0) is 0 Å². The largest absolute Gasteiger partial charge is 0.368 e. The summed E-state index contributed by atoms with van der Waals surface area (Å²) in [5, 5.41) is 0. The zero-order chi connectivity index (χ0) is 12.4. The third-order valence-corrected chi connectivity index (χ3v) is 4.06. The van der Waals surface area contributed by atoms with E-state index in [9.17, 15) is 4.79 Å². The van der Waals surface area contributed by atoms with Gasteiger partial charge >= 0.3 is 0 Å². The third kappa shape index (κ3) is 2.71. The summed E-state index contributed by atoms with van der Waals surface area (Å²) in [6, 6.07) is 6.37. The summed E-state index contributed by atoms with van der Waals surface area (Å²) in [5.41, 5.74) is 1.85. The molecular formula is C14H18BrNO. The van der Waals surface area contributed by atoms with Crippen LogP contribution in [0.15, 0.2) is 22.7 Å². The Balaban J connectivity index is 2.32. The van der Waals surface area contributed by atoms with Crippen molar-refractivity contribution in [3.63, 3.8) is 0 Å². The van der Waals surface area contributed by atoms with E-state index < -0.39 is 0 Å². The van der Waals surface area contributed by atoms with Gasteiger partial charge in [0, 0.05) is 28.3 Å². The van der Waals surface area contributed by atoms with Crippen LogP contribution in [0.5, 0.6) is 0 Å². The Bertz CT molecular complexity index is 419. The summed E-state index contributed by atoms with van der Waals surface area (Å²) in [4.78, 5) is 13.5. The Morgan fingerprint density at radius 3 is 2.82 bits per heavy atom. The van der Waals surface area contributed by atoms with Gasteiger partial charge in [-0.3, -0.25) is 4.79 Å². The van der Waals surface area contributed by atoms with Gasteiger partial charge in [-0.1, -0.05) is 22.9 Å². The molecule has 2 atom stereocenters. The average Bonchev–Trinajstić information content (AvgIpc) is 2.29. The van der Waals surface area contributed by atoms with Crippen molar-refractivity contribution >= 4 is 27.9 Å². The van der Waals surface area contributed by atoms with Gasteiger partial charge in [0.05, 0.1) is 0 Å². The number of carbonyl (C=O) groups is 1. The highest BCUT2D eigenvalue weighted by Gasteiger charge is 2.24. The van der Waals surface area contributed by atoms with Crippen molar-refractivity contribution in [3.05, 3.63) is 28.2 Å². The number of benzene rings is 1. The molecule has 0 radical (unpaired) electrons. The van der Waals surface area contributed by atoms with Crippen molar-refractivity contribution in [1.29, 1.82) is 0 Å². The quantitative estimate of drug-likeness (QED) is 0.772. The highest BCUT2D eigenvalue weighted by Crippen LogP contribution is 2.31. The van der Waals surface area contributed by atoms with Crippen molar-refractivity contribution in [2.45, 2.75) is 32.7 Å². The molecule has 0 saturated carbocycles. The molecule has 0 aromatic heterocycles. The molecule has 0 spiro atoms. The molecule has 2 unspecified atom stereocenters. The van der Waals surface area contributed by atoms with Crippen molar-refractivity contribution in [2.24, 2.45) is 5.92 Å². The van der Waals surface area contributed by atoms with Crippen LogP contribution in [0.3, 0.4) is 0 Å². The molecular weight excluding hydrogens is 278 g/mol. The van der Waals surface area contributed by atoms with Crippen LogP contribution < -0.4 is 4.90 Å². The maximum absolute atomic E-state index is 11.1. The van der Waals surface area contributed by atoms with Crippen molar-refractivity contribution in [2.75, 3.05) is 11.4 Å². The lowest BCUT2D eigenvalue weighted by molar-refractivity contribution is 0.112. The summed E-state index contributed by atoms with van der Waals surface area (Å²) in [5.74, 6) is 0.785. The molecule has 17 heavy (non-hydrogen) atoms. The second-order valence-corrected chi connectivity index (χ2v) is 5.91. The molecule has 1 heterocycles. The fourth-order valence-electron chi connectivity index (χ4n) is 2.63. The van der Waals surface area contributed by atoms with E-state index in [1.807, 2.05) is 12.1 Å². The lowest BCUT2D eigenvalue weighted by Crippen LogP contribution is -2.40. The Kier molecular flexibility index (Phi) is 3.87. The van der Waals surface area contributed by atoms with E-state index in [4.69, 9.17) is 0 Å². The fourth-order valence-corrected chi connectivity index (χ4v) is 2.98. The smallest absolute Gasteiger partial charge is 0.152 e. The number of piperidine rings is 1. The van der Waals surface area contributed by atoms with Crippen LogP contribution in [0.25, 0.3) is 0 Å². The molecule has 1 aromatic carbocycles. The van der Waals surface area contributed by atoms with Gasteiger partial charge in [0.25, 0.3) is 0 Å². The van der Waals surface area contributed by atoms with Gasteiger partial charge < -0.3 is 4.90 Å². The predicted molar refractivity (Wildman–Crippen MR) is 74.7 cm³/mol. The number of anilines is 1. The molecule has 1 saturated heterocycles. The maximum Gasteiger partial charge on any atom is 0.152 e. The number of rotatable bonds is 2. The number of hydrogen-bond donors (Lipinski definition) is 0. The Hall–Kier alpha value is -0.830. The molecule has 0 aliphatic carbocycles. The number of aldehydes is 1. The molecule has 0 bridgehead atoms. The summed E-state index contributed by atoms with van der Waals surface area (Å²) in [6.45, 7) is 5.58. The van der Waals surface area contributed by atoms with Gasteiger partial charge in [-0.05, 0) is 43.9 Å². The van der Waals surface area contributed by atoms with Crippen LogP contribution >= 0.6 is 15.9 Å². The first-order valence-corrected chi connectivity index (χ1v) is 6.92. The van der Waals surface area contributed by atoms with E-state index in [0.29, 0.717) is 6.04 Å². The van der Waals surface area contributed by atoms with E-state index in [1.165, 1.54) is 12.8 Å².